The van der Waals surface area contributed by atoms with Crippen LogP contribution >= 0.6 is 11.8 Å². The van der Waals surface area contributed by atoms with E-state index in [1.807, 2.05) is 6.26 Å². The SMILES string of the molecule is CSc1ncnc(N2CCCCC2)c1C#N. The predicted octanol–water partition coefficient (Wildman–Crippen LogP) is 2.06. The van der Waals surface area contributed by atoms with Crippen molar-refractivity contribution in [3.8, 4) is 6.07 Å². The lowest BCUT2D eigenvalue weighted by atomic mass is 10.1. The number of anilines is 1. The molecule has 84 valence electrons. The molecule has 0 unspecified atom stereocenters. The van der Waals surface area contributed by atoms with Crippen LogP contribution in [0.4, 0.5) is 5.82 Å². The van der Waals surface area contributed by atoms with Crippen LogP contribution in [0.5, 0.6) is 0 Å². The van der Waals surface area contributed by atoms with Gasteiger partial charge >= 0.3 is 0 Å². The lowest BCUT2D eigenvalue weighted by Crippen LogP contribution is -2.31. The van der Waals surface area contributed by atoms with Gasteiger partial charge in [0, 0.05) is 13.1 Å². The molecule has 1 aliphatic rings. The average Bonchev–Trinajstić information content (AvgIpc) is 2.38. The number of thioether (sulfide) groups is 1. The Bertz CT molecular complexity index is 407. The normalized spacial score (nSPS) is 15.9. The third-order valence-corrected chi connectivity index (χ3v) is 3.45. The van der Waals surface area contributed by atoms with Crippen molar-refractivity contribution in [2.24, 2.45) is 0 Å². The minimum atomic E-state index is 0.622. The maximum atomic E-state index is 9.19. The largest absolute Gasteiger partial charge is 0.355 e. The van der Waals surface area contributed by atoms with Gasteiger partial charge < -0.3 is 4.90 Å². The summed E-state index contributed by atoms with van der Waals surface area (Å²) in [5.74, 6) is 0.807. The lowest BCUT2D eigenvalue weighted by Gasteiger charge is -2.28. The van der Waals surface area contributed by atoms with Crippen molar-refractivity contribution < 1.29 is 0 Å². The molecule has 4 nitrogen and oxygen atoms in total. The molecule has 0 radical (unpaired) electrons. The third-order valence-electron chi connectivity index (χ3n) is 2.75. The zero-order valence-corrected chi connectivity index (χ0v) is 10.1. The summed E-state index contributed by atoms with van der Waals surface area (Å²) in [5.41, 5.74) is 0.622. The first-order valence-electron chi connectivity index (χ1n) is 5.41. The summed E-state index contributed by atoms with van der Waals surface area (Å²) in [5, 5.41) is 9.97. The van der Waals surface area contributed by atoms with E-state index < -0.39 is 0 Å². The van der Waals surface area contributed by atoms with Crippen molar-refractivity contribution in [1.82, 2.24) is 9.97 Å². The van der Waals surface area contributed by atoms with E-state index in [0.717, 1.165) is 23.9 Å². The summed E-state index contributed by atoms with van der Waals surface area (Å²) in [6, 6.07) is 2.22. The maximum Gasteiger partial charge on any atom is 0.151 e. The molecule has 5 heteroatoms. The van der Waals surface area contributed by atoms with E-state index in [9.17, 15) is 5.26 Å². The van der Waals surface area contributed by atoms with E-state index in [4.69, 9.17) is 0 Å². The molecule has 2 heterocycles. The molecule has 16 heavy (non-hydrogen) atoms. The van der Waals surface area contributed by atoms with Crippen molar-refractivity contribution in [2.75, 3.05) is 24.2 Å². The second-order valence-corrected chi connectivity index (χ2v) is 4.54. The molecule has 0 N–H and O–H groups in total. The molecule has 2 rings (SSSR count). The lowest BCUT2D eigenvalue weighted by molar-refractivity contribution is 0.571. The number of aromatic nitrogens is 2. The van der Waals surface area contributed by atoms with Gasteiger partial charge in [0.2, 0.25) is 0 Å². The van der Waals surface area contributed by atoms with E-state index in [1.165, 1.54) is 31.0 Å². The zero-order valence-electron chi connectivity index (χ0n) is 9.31. The highest BCUT2D eigenvalue weighted by Gasteiger charge is 2.18. The highest BCUT2D eigenvalue weighted by molar-refractivity contribution is 7.98. The Balaban J connectivity index is 2.35. The Labute approximate surface area is 99.7 Å². The summed E-state index contributed by atoms with van der Waals surface area (Å²) in [7, 11) is 0. The van der Waals surface area contributed by atoms with Crippen LogP contribution < -0.4 is 4.90 Å². The number of nitrogens with zero attached hydrogens (tertiary/aromatic N) is 4. The summed E-state index contributed by atoms with van der Waals surface area (Å²) >= 11 is 1.50. The van der Waals surface area contributed by atoms with Gasteiger partial charge in [0.25, 0.3) is 0 Å². The fourth-order valence-electron chi connectivity index (χ4n) is 1.96. The second-order valence-electron chi connectivity index (χ2n) is 3.74. The first kappa shape index (κ1) is 11.2. The zero-order chi connectivity index (χ0) is 11.4. The number of rotatable bonds is 2. The molecule has 1 aliphatic heterocycles. The first-order valence-corrected chi connectivity index (χ1v) is 6.63. The Hall–Kier alpha value is -1.28. The summed E-state index contributed by atoms with van der Waals surface area (Å²) in [6.45, 7) is 2.00. The van der Waals surface area contributed by atoms with Gasteiger partial charge in [-0.1, -0.05) is 0 Å². The van der Waals surface area contributed by atoms with E-state index in [-0.39, 0.29) is 0 Å². The van der Waals surface area contributed by atoms with Gasteiger partial charge in [0.15, 0.2) is 5.82 Å². The number of piperidine rings is 1. The number of hydrogen-bond donors (Lipinski definition) is 0. The van der Waals surface area contributed by atoms with Crippen LogP contribution in [-0.4, -0.2) is 29.3 Å². The van der Waals surface area contributed by atoms with Crippen LogP contribution in [0.3, 0.4) is 0 Å². The Morgan fingerprint density at radius 1 is 1.31 bits per heavy atom. The van der Waals surface area contributed by atoms with Gasteiger partial charge in [0.05, 0.1) is 0 Å². The van der Waals surface area contributed by atoms with Crippen LogP contribution in [0.1, 0.15) is 24.8 Å². The van der Waals surface area contributed by atoms with Crippen LogP contribution in [0.2, 0.25) is 0 Å². The molecule has 1 aromatic rings. The predicted molar refractivity (Wildman–Crippen MR) is 64.6 cm³/mol. The minimum absolute atomic E-state index is 0.622. The van der Waals surface area contributed by atoms with Crippen molar-refractivity contribution >= 4 is 17.6 Å². The molecule has 0 aromatic carbocycles. The highest BCUT2D eigenvalue weighted by Crippen LogP contribution is 2.26. The fourth-order valence-corrected chi connectivity index (χ4v) is 2.45. The minimum Gasteiger partial charge on any atom is -0.355 e. The molecule has 0 spiro atoms. The monoisotopic (exact) mass is 234 g/mol. The Morgan fingerprint density at radius 2 is 2.06 bits per heavy atom. The second kappa shape index (κ2) is 5.17. The average molecular weight is 234 g/mol. The molecule has 0 bridgehead atoms. The fraction of sp³-hybridized carbons (Fsp3) is 0.545. The molecule has 1 saturated heterocycles. The summed E-state index contributed by atoms with van der Waals surface area (Å²) in [6.07, 6.45) is 7.13. The van der Waals surface area contributed by atoms with Crippen molar-refractivity contribution in [3.63, 3.8) is 0 Å². The van der Waals surface area contributed by atoms with Crippen LogP contribution in [0.25, 0.3) is 0 Å². The van der Waals surface area contributed by atoms with E-state index >= 15 is 0 Å². The standard InChI is InChI=1S/C11H14N4S/c1-16-11-9(7-12)10(13-8-14-11)15-5-3-2-4-6-15/h8H,2-6H2,1H3. The maximum absolute atomic E-state index is 9.19. The Kier molecular flexibility index (Phi) is 3.62. The van der Waals surface area contributed by atoms with Gasteiger partial charge in [-0.25, -0.2) is 9.97 Å². The van der Waals surface area contributed by atoms with Crippen molar-refractivity contribution in [1.29, 1.82) is 5.26 Å². The molecule has 1 aromatic heterocycles. The molecule has 0 atom stereocenters. The van der Waals surface area contributed by atoms with Gasteiger partial charge in [-0.2, -0.15) is 5.26 Å². The molecule has 0 aliphatic carbocycles. The van der Waals surface area contributed by atoms with Gasteiger partial charge in [0.1, 0.15) is 23.0 Å². The molecular weight excluding hydrogens is 220 g/mol. The molecule has 0 amide bonds. The smallest absolute Gasteiger partial charge is 0.151 e. The Morgan fingerprint density at radius 3 is 2.69 bits per heavy atom. The van der Waals surface area contributed by atoms with Gasteiger partial charge in [-0.15, -0.1) is 11.8 Å². The van der Waals surface area contributed by atoms with Crippen LogP contribution in [0.15, 0.2) is 11.4 Å². The van der Waals surface area contributed by atoms with E-state index in [1.54, 1.807) is 6.33 Å². The highest BCUT2D eigenvalue weighted by atomic mass is 32.2. The van der Waals surface area contributed by atoms with Crippen molar-refractivity contribution in [2.45, 2.75) is 24.3 Å². The summed E-state index contributed by atoms with van der Waals surface area (Å²) < 4.78 is 0. The number of hydrogen-bond acceptors (Lipinski definition) is 5. The van der Waals surface area contributed by atoms with Crippen LogP contribution in [-0.2, 0) is 0 Å². The third kappa shape index (κ3) is 2.12. The topological polar surface area (TPSA) is 52.8 Å². The van der Waals surface area contributed by atoms with Crippen LogP contribution in [0, 0.1) is 11.3 Å². The first-order chi connectivity index (χ1) is 7.86. The quantitative estimate of drug-likeness (QED) is 0.579. The molecule has 0 saturated carbocycles. The van der Waals surface area contributed by atoms with E-state index in [0.29, 0.717) is 5.56 Å². The van der Waals surface area contributed by atoms with Gasteiger partial charge in [-0.3, -0.25) is 0 Å². The molecule has 1 fully saturated rings. The van der Waals surface area contributed by atoms with Gasteiger partial charge in [-0.05, 0) is 25.5 Å². The summed E-state index contributed by atoms with van der Waals surface area (Å²) in [4.78, 5) is 10.6. The van der Waals surface area contributed by atoms with E-state index in [2.05, 4.69) is 20.9 Å². The number of nitriles is 1. The molecular formula is C11H14N4S. The van der Waals surface area contributed by atoms with Crippen molar-refractivity contribution in [3.05, 3.63) is 11.9 Å².